The van der Waals surface area contributed by atoms with Crippen molar-refractivity contribution in [3.63, 3.8) is 0 Å². The first-order valence-corrected chi connectivity index (χ1v) is 12.6. The smallest absolute Gasteiger partial charge is 0.335 e. The van der Waals surface area contributed by atoms with E-state index in [-0.39, 0.29) is 23.3 Å². The maximum atomic E-state index is 13.1. The van der Waals surface area contributed by atoms with Crippen molar-refractivity contribution in [3.8, 4) is 0 Å². The highest BCUT2D eigenvalue weighted by atomic mass is 16.5. The van der Waals surface area contributed by atoms with E-state index in [1.165, 1.54) is 18.2 Å². The molecule has 1 saturated heterocycles. The summed E-state index contributed by atoms with van der Waals surface area (Å²) in [6, 6.07) is 19.1. The molecule has 0 aromatic heterocycles. The Morgan fingerprint density at radius 2 is 1.94 bits per heavy atom. The van der Waals surface area contributed by atoms with Crippen LogP contribution in [0.4, 0.5) is 5.69 Å². The third kappa shape index (κ3) is 3.57. The summed E-state index contributed by atoms with van der Waals surface area (Å²) in [6.07, 6.45) is 4.13. The standard InChI is InChI=1S/C29H36N2O3/c1-4-5-15-28(2,33)23-18-21(27(32)34-3)25-29(22-13-9-10-14-24(22)30-25)16-17-31(26(23)29)19-20-11-7-6-8-12-20/h6-14,23,26,30,33H,4-5,15-19H2,1-3H3/t23-,26+,28?,29+/m0/s1. The molecule has 1 spiro atoms. The number of likely N-dealkylation sites (tertiary alicyclic amines) is 1. The normalized spacial score (nSPS) is 27.4. The lowest BCUT2D eigenvalue weighted by Gasteiger charge is -2.50. The molecule has 2 N–H and O–H groups in total. The molecule has 2 aromatic carbocycles. The maximum absolute atomic E-state index is 13.1. The first-order valence-electron chi connectivity index (χ1n) is 12.6. The van der Waals surface area contributed by atoms with Gasteiger partial charge >= 0.3 is 5.97 Å². The van der Waals surface area contributed by atoms with Gasteiger partial charge in [-0.1, -0.05) is 68.3 Å². The first-order chi connectivity index (χ1) is 16.4. The van der Waals surface area contributed by atoms with Gasteiger partial charge in [-0.15, -0.1) is 0 Å². The van der Waals surface area contributed by atoms with Crippen LogP contribution in [-0.2, 0) is 21.5 Å². The van der Waals surface area contributed by atoms with Gasteiger partial charge in [-0.25, -0.2) is 4.79 Å². The van der Waals surface area contributed by atoms with E-state index in [9.17, 15) is 9.90 Å². The van der Waals surface area contributed by atoms with Crippen molar-refractivity contribution in [2.45, 2.75) is 69.6 Å². The number of carbonyl (C=O) groups excluding carboxylic acids is 1. The van der Waals surface area contributed by atoms with Crippen molar-refractivity contribution >= 4 is 11.7 Å². The number of fused-ring (bicyclic) bond motifs is 1. The van der Waals surface area contributed by atoms with Crippen LogP contribution in [-0.4, -0.2) is 41.3 Å². The van der Waals surface area contributed by atoms with Gasteiger partial charge in [0, 0.05) is 36.4 Å². The van der Waals surface area contributed by atoms with Crippen molar-refractivity contribution in [2.75, 3.05) is 19.0 Å². The lowest BCUT2D eigenvalue weighted by molar-refractivity contribution is -0.137. The number of esters is 1. The Kier molecular flexibility index (Phi) is 6.03. The number of nitrogens with zero attached hydrogens (tertiary/aromatic N) is 1. The maximum Gasteiger partial charge on any atom is 0.335 e. The zero-order chi connectivity index (χ0) is 23.9. The van der Waals surface area contributed by atoms with Crippen LogP contribution < -0.4 is 5.32 Å². The third-order valence-electron chi connectivity index (χ3n) is 8.41. The quantitative estimate of drug-likeness (QED) is 0.569. The van der Waals surface area contributed by atoms with E-state index < -0.39 is 5.60 Å². The number of nitrogens with one attached hydrogen (secondary N) is 1. The molecule has 3 aliphatic rings. The number of ether oxygens (including phenoxy) is 1. The molecule has 1 unspecified atom stereocenters. The molecule has 1 fully saturated rings. The van der Waals surface area contributed by atoms with Crippen LogP contribution in [0.3, 0.4) is 0 Å². The van der Waals surface area contributed by atoms with Crippen molar-refractivity contribution < 1.29 is 14.6 Å². The summed E-state index contributed by atoms with van der Waals surface area (Å²) in [5.74, 6) is -0.373. The number of benzene rings is 2. The van der Waals surface area contributed by atoms with Crippen molar-refractivity contribution in [1.29, 1.82) is 0 Å². The molecular weight excluding hydrogens is 424 g/mol. The van der Waals surface area contributed by atoms with Crippen LogP contribution in [0.15, 0.2) is 65.9 Å². The molecule has 5 heteroatoms. The van der Waals surface area contributed by atoms with E-state index in [1.54, 1.807) is 0 Å². The number of anilines is 1. The fourth-order valence-corrected chi connectivity index (χ4v) is 6.81. The zero-order valence-corrected chi connectivity index (χ0v) is 20.5. The molecule has 5 rings (SSSR count). The summed E-state index contributed by atoms with van der Waals surface area (Å²) < 4.78 is 5.27. The molecule has 1 aliphatic carbocycles. The van der Waals surface area contributed by atoms with Crippen LogP contribution in [0.5, 0.6) is 0 Å². The second kappa shape index (κ2) is 8.86. The number of methoxy groups -OCH3 is 1. The average Bonchev–Trinajstić information content (AvgIpc) is 3.39. The van der Waals surface area contributed by atoms with Gasteiger partial charge in [-0.05, 0) is 43.4 Å². The second-order valence-corrected chi connectivity index (χ2v) is 10.4. The topological polar surface area (TPSA) is 61.8 Å². The van der Waals surface area contributed by atoms with E-state index in [0.29, 0.717) is 12.0 Å². The third-order valence-corrected chi connectivity index (χ3v) is 8.41. The summed E-state index contributed by atoms with van der Waals surface area (Å²) in [4.78, 5) is 15.6. The van der Waals surface area contributed by atoms with Gasteiger partial charge in [0.05, 0.1) is 23.7 Å². The molecular formula is C29H36N2O3. The Balaban J connectivity index is 1.68. The highest BCUT2D eigenvalue weighted by Crippen LogP contribution is 2.60. The van der Waals surface area contributed by atoms with Gasteiger partial charge in [-0.3, -0.25) is 4.90 Å². The summed E-state index contributed by atoms with van der Waals surface area (Å²) >= 11 is 0. The Labute approximate surface area is 202 Å². The number of hydrogen-bond donors (Lipinski definition) is 2. The van der Waals surface area contributed by atoms with E-state index in [4.69, 9.17) is 4.74 Å². The minimum absolute atomic E-state index is 0.0825. The molecule has 0 bridgehead atoms. The van der Waals surface area contributed by atoms with Crippen LogP contribution in [0.2, 0.25) is 0 Å². The van der Waals surface area contributed by atoms with Crippen molar-refractivity contribution in [3.05, 3.63) is 77.0 Å². The monoisotopic (exact) mass is 460 g/mol. The number of rotatable bonds is 7. The summed E-state index contributed by atoms with van der Waals surface area (Å²) in [5.41, 5.74) is 4.02. The minimum Gasteiger partial charge on any atom is -0.466 e. The van der Waals surface area contributed by atoms with Gasteiger partial charge < -0.3 is 15.2 Å². The number of hydrogen-bond acceptors (Lipinski definition) is 5. The predicted molar refractivity (Wildman–Crippen MR) is 134 cm³/mol. The SMILES string of the molecule is CCCCC(C)(O)[C@H]1CC(C(=O)OC)=C2Nc3ccccc3[C@]23CCN(Cc2ccccc2)[C@H]13. The number of carbonyl (C=O) groups is 1. The van der Waals surface area contributed by atoms with Crippen LogP contribution >= 0.6 is 0 Å². The van der Waals surface area contributed by atoms with Crippen LogP contribution in [0, 0.1) is 5.92 Å². The lowest BCUT2D eigenvalue weighted by Crippen LogP contribution is -2.57. The summed E-state index contributed by atoms with van der Waals surface area (Å²) in [5, 5.41) is 15.6. The Morgan fingerprint density at radius 1 is 1.21 bits per heavy atom. The molecule has 0 amide bonds. The van der Waals surface area contributed by atoms with E-state index in [1.807, 2.05) is 13.0 Å². The molecule has 2 aromatic rings. The summed E-state index contributed by atoms with van der Waals surface area (Å²) in [6.45, 7) is 5.88. The predicted octanol–water partition coefficient (Wildman–Crippen LogP) is 5.01. The van der Waals surface area contributed by atoms with E-state index >= 15 is 0 Å². The molecule has 4 atom stereocenters. The molecule has 0 radical (unpaired) electrons. The van der Waals surface area contributed by atoms with Gasteiger partial charge in [0.25, 0.3) is 0 Å². The zero-order valence-electron chi connectivity index (χ0n) is 20.5. The molecule has 2 heterocycles. The van der Waals surface area contributed by atoms with Crippen LogP contribution in [0.25, 0.3) is 0 Å². The molecule has 180 valence electrons. The highest BCUT2D eigenvalue weighted by molar-refractivity contribution is 5.93. The van der Waals surface area contributed by atoms with Crippen molar-refractivity contribution in [1.82, 2.24) is 4.90 Å². The molecule has 0 saturated carbocycles. The largest absolute Gasteiger partial charge is 0.466 e. The number of aliphatic hydroxyl groups is 1. The van der Waals surface area contributed by atoms with Crippen LogP contribution in [0.1, 0.15) is 57.1 Å². The molecule has 34 heavy (non-hydrogen) atoms. The number of unbranched alkanes of at least 4 members (excludes halogenated alkanes) is 1. The van der Waals surface area contributed by atoms with E-state index in [2.05, 4.69) is 65.7 Å². The fourth-order valence-electron chi connectivity index (χ4n) is 6.81. The average molecular weight is 461 g/mol. The Hall–Kier alpha value is -2.63. The van der Waals surface area contributed by atoms with Gasteiger partial charge in [0.2, 0.25) is 0 Å². The minimum atomic E-state index is -0.894. The van der Waals surface area contributed by atoms with Crippen molar-refractivity contribution in [2.24, 2.45) is 5.92 Å². The highest BCUT2D eigenvalue weighted by Gasteiger charge is 2.63. The Bertz CT molecular complexity index is 1090. The molecule has 2 aliphatic heterocycles. The van der Waals surface area contributed by atoms with Gasteiger partial charge in [-0.2, -0.15) is 0 Å². The number of para-hydroxylation sites is 1. The summed E-state index contributed by atoms with van der Waals surface area (Å²) in [7, 11) is 1.46. The second-order valence-electron chi connectivity index (χ2n) is 10.4. The fraction of sp³-hybridized carbons (Fsp3) is 0.483. The van der Waals surface area contributed by atoms with E-state index in [0.717, 1.165) is 50.2 Å². The molecule has 5 nitrogen and oxygen atoms in total. The Morgan fingerprint density at radius 3 is 2.68 bits per heavy atom. The van der Waals surface area contributed by atoms with Gasteiger partial charge in [0.15, 0.2) is 0 Å². The first kappa shape index (κ1) is 23.1. The lowest BCUT2D eigenvalue weighted by atomic mass is 9.59. The van der Waals surface area contributed by atoms with Gasteiger partial charge in [0.1, 0.15) is 0 Å².